The lowest BCUT2D eigenvalue weighted by Crippen LogP contribution is -2.09. The van der Waals surface area contributed by atoms with Gasteiger partial charge < -0.3 is 16.2 Å². The quantitative estimate of drug-likeness (QED) is 0.691. The van der Waals surface area contributed by atoms with Crippen molar-refractivity contribution in [2.75, 3.05) is 11.1 Å². The number of nitrogens with one attached hydrogen (secondary N) is 1. The van der Waals surface area contributed by atoms with Gasteiger partial charge in [-0.3, -0.25) is 0 Å². The van der Waals surface area contributed by atoms with Crippen LogP contribution in [0, 0.1) is 0 Å². The van der Waals surface area contributed by atoms with Gasteiger partial charge >= 0.3 is 5.97 Å². The molecule has 0 radical (unpaired) electrons. The van der Waals surface area contributed by atoms with Crippen molar-refractivity contribution in [3.8, 4) is 0 Å². The SMILES string of the molecule is Nc1cc(Cl)c(NC2CC2)c(C(=O)O)c1. The smallest absolute Gasteiger partial charge is 0.337 e. The Morgan fingerprint density at radius 1 is 1.53 bits per heavy atom. The van der Waals surface area contributed by atoms with Crippen LogP contribution in [-0.2, 0) is 0 Å². The predicted molar refractivity (Wildman–Crippen MR) is 59.5 cm³/mol. The number of anilines is 2. The van der Waals surface area contributed by atoms with Gasteiger partial charge in [0.25, 0.3) is 0 Å². The van der Waals surface area contributed by atoms with Crippen LogP contribution in [0.4, 0.5) is 11.4 Å². The van der Waals surface area contributed by atoms with E-state index < -0.39 is 5.97 Å². The number of benzene rings is 1. The highest BCUT2D eigenvalue weighted by molar-refractivity contribution is 6.34. The maximum atomic E-state index is 11.0. The molecule has 15 heavy (non-hydrogen) atoms. The summed E-state index contributed by atoms with van der Waals surface area (Å²) >= 11 is 5.94. The van der Waals surface area contributed by atoms with Gasteiger partial charge in [0.2, 0.25) is 0 Å². The lowest BCUT2D eigenvalue weighted by atomic mass is 10.1. The van der Waals surface area contributed by atoms with Crippen molar-refractivity contribution in [3.63, 3.8) is 0 Å². The first kappa shape index (κ1) is 10.1. The second-order valence-electron chi connectivity index (χ2n) is 3.65. The van der Waals surface area contributed by atoms with Gasteiger partial charge in [-0.05, 0) is 25.0 Å². The molecule has 0 heterocycles. The number of carbonyl (C=O) groups is 1. The molecule has 2 rings (SSSR count). The lowest BCUT2D eigenvalue weighted by Gasteiger charge is -2.11. The number of aromatic carboxylic acids is 1. The number of halogens is 1. The average molecular weight is 227 g/mol. The Balaban J connectivity index is 2.42. The summed E-state index contributed by atoms with van der Waals surface area (Å²) in [4.78, 5) is 11.0. The molecule has 0 unspecified atom stereocenters. The summed E-state index contributed by atoms with van der Waals surface area (Å²) in [5.41, 5.74) is 6.50. The number of nitrogen functional groups attached to an aromatic ring is 1. The van der Waals surface area contributed by atoms with Crippen molar-refractivity contribution < 1.29 is 9.90 Å². The van der Waals surface area contributed by atoms with E-state index in [4.69, 9.17) is 22.4 Å². The first-order valence-corrected chi connectivity index (χ1v) is 5.04. The van der Waals surface area contributed by atoms with E-state index in [1.165, 1.54) is 6.07 Å². The number of rotatable bonds is 3. The third kappa shape index (κ3) is 2.15. The van der Waals surface area contributed by atoms with Crippen LogP contribution in [0.5, 0.6) is 0 Å². The van der Waals surface area contributed by atoms with Gasteiger partial charge in [-0.15, -0.1) is 0 Å². The summed E-state index contributed by atoms with van der Waals surface area (Å²) < 4.78 is 0. The molecule has 4 N–H and O–H groups in total. The molecule has 1 aromatic carbocycles. The van der Waals surface area contributed by atoms with Crippen molar-refractivity contribution in [1.82, 2.24) is 0 Å². The largest absolute Gasteiger partial charge is 0.478 e. The monoisotopic (exact) mass is 226 g/mol. The van der Waals surface area contributed by atoms with Crippen LogP contribution < -0.4 is 11.1 Å². The Bertz CT molecular complexity index is 416. The predicted octanol–water partition coefficient (Wildman–Crippen LogP) is 2.19. The Hall–Kier alpha value is -1.42. The van der Waals surface area contributed by atoms with Crippen molar-refractivity contribution in [1.29, 1.82) is 0 Å². The second-order valence-corrected chi connectivity index (χ2v) is 4.06. The molecule has 5 heteroatoms. The zero-order valence-electron chi connectivity index (χ0n) is 7.96. The molecule has 1 aliphatic carbocycles. The molecule has 0 atom stereocenters. The molecule has 0 spiro atoms. The molecule has 0 saturated heterocycles. The van der Waals surface area contributed by atoms with E-state index in [2.05, 4.69) is 5.32 Å². The summed E-state index contributed by atoms with van der Waals surface area (Å²) in [5, 5.41) is 12.4. The van der Waals surface area contributed by atoms with E-state index in [1.54, 1.807) is 6.07 Å². The van der Waals surface area contributed by atoms with Gasteiger partial charge in [-0.25, -0.2) is 4.79 Å². The second kappa shape index (κ2) is 3.62. The summed E-state index contributed by atoms with van der Waals surface area (Å²) in [6.45, 7) is 0. The van der Waals surface area contributed by atoms with Crippen LogP contribution in [0.3, 0.4) is 0 Å². The third-order valence-electron chi connectivity index (χ3n) is 2.27. The molecular weight excluding hydrogens is 216 g/mol. The third-order valence-corrected chi connectivity index (χ3v) is 2.57. The first-order valence-electron chi connectivity index (χ1n) is 4.67. The van der Waals surface area contributed by atoms with Gasteiger partial charge in [0.15, 0.2) is 0 Å². The van der Waals surface area contributed by atoms with E-state index >= 15 is 0 Å². The molecule has 1 aliphatic rings. The summed E-state index contributed by atoms with van der Waals surface area (Å²) in [6, 6.07) is 3.32. The lowest BCUT2D eigenvalue weighted by molar-refractivity contribution is 0.0698. The highest BCUT2D eigenvalue weighted by Crippen LogP contribution is 2.33. The first-order chi connectivity index (χ1) is 7.08. The van der Waals surface area contributed by atoms with E-state index in [0.717, 1.165) is 12.8 Å². The van der Waals surface area contributed by atoms with Gasteiger partial charge in [0.05, 0.1) is 16.3 Å². The minimum Gasteiger partial charge on any atom is -0.478 e. The maximum Gasteiger partial charge on any atom is 0.337 e. The van der Waals surface area contributed by atoms with Gasteiger partial charge in [0, 0.05) is 11.7 Å². The fourth-order valence-corrected chi connectivity index (χ4v) is 1.66. The van der Waals surface area contributed by atoms with Gasteiger partial charge in [-0.1, -0.05) is 11.6 Å². The minimum absolute atomic E-state index is 0.131. The van der Waals surface area contributed by atoms with Crippen molar-refractivity contribution in [2.24, 2.45) is 0 Å². The molecular formula is C10H11ClN2O2. The Morgan fingerprint density at radius 2 is 2.20 bits per heavy atom. The Kier molecular flexibility index (Phi) is 2.44. The summed E-state index contributed by atoms with van der Waals surface area (Å²) in [6.07, 6.45) is 2.11. The van der Waals surface area contributed by atoms with Gasteiger partial charge in [0.1, 0.15) is 0 Å². The average Bonchev–Trinajstić information content (AvgIpc) is 2.92. The van der Waals surface area contributed by atoms with Crippen molar-refractivity contribution in [3.05, 3.63) is 22.7 Å². The minimum atomic E-state index is -1.02. The van der Waals surface area contributed by atoms with E-state index in [1.807, 2.05) is 0 Å². The fraction of sp³-hybridized carbons (Fsp3) is 0.300. The highest BCUT2D eigenvalue weighted by atomic mass is 35.5. The summed E-state index contributed by atoms with van der Waals surface area (Å²) in [5.74, 6) is -1.02. The topological polar surface area (TPSA) is 75.3 Å². The van der Waals surface area contributed by atoms with Crippen LogP contribution in [0.25, 0.3) is 0 Å². The maximum absolute atomic E-state index is 11.0. The number of carboxylic acid groups (broad SMARTS) is 1. The number of hydrogen-bond acceptors (Lipinski definition) is 3. The van der Waals surface area contributed by atoms with E-state index in [-0.39, 0.29) is 5.56 Å². The van der Waals surface area contributed by atoms with Crippen LogP contribution in [-0.4, -0.2) is 17.1 Å². The highest BCUT2D eigenvalue weighted by Gasteiger charge is 2.24. The zero-order valence-corrected chi connectivity index (χ0v) is 8.71. The molecule has 0 aliphatic heterocycles. The van der Waals surface area contributed by atoms with E-state index in [0.29, 0.717) is 22.4 Å². The standard InChI is InChI=1S/C10H11ClN2O2/c11-8-4-5(12)3-7(10(14)15)9(8)13-6-1-2-6/h3-4,6,13H,1-2,12H2,(H,14,15). The normalized spacial score (nSPS) is 15.0. The molecule has 0 amide bonds. The number of hydrogen-bond donors (Lipinski definition) is 3. The molecule has 4 nitrogen and oxygen atoms in total. The fourth-order valence-electron chi connectivity index (χ4n) is 1.37. The van der Waals surface area contributed by atoms with Crippen LogP contribution in [0.2, 0.25) is 5.02 Å². The van der Waals surface area contributed by atoms with Crippen molar-refractivity contribution >= 4 is 28.9 Å². The summed E-state index contributed by atoms with van der Waals surface area (Å²) in [7, 11) is 0. The van der Waals surface area contributed by atoms with Gasteiger partial charge in [-0.2, -0.15) is 0 Å². The molecule has 1 saturated carbocycles. The number of carboxylic acids is 1. The van der Waals surface area contributed by atoms with Crippen LogP contribution in [0.1, 0.15) is 23.2 Å². The molecule has 0 bridgehead atoms. The molecule has 80 valence electrons. The zero-order chi connectivity index (χ0) is 11.0. The van der Waals surface area contributed by atoms with Crippen molar-refractivity contribution in [2.45, 2.75) is 18.9 Å². The molecule has 1 aromatic rings. The Labute approximate surface area is 92.0 Å². The van der Waals surface area contributed by atoms with Crippen LogP contribution in [0.15, 0.2) is 12.1 Å². The van der Waals surface area contributed by atoms with E-state index in [9.17, 15) is 4.79 Å². The molecule has 1 fully saturated rings. The number of nitrogens with two attached hydrogens (primary N) is 1. The molecule has 0 aromatic heterocycles. The Morgan fingerprint density at radius 3 is 2.73 bits per heavy atom. The van der Waals surface area contributed by atoms with Crippen LogP contribution >= 0.6 is 11.6 Å².